The van der Waals surface area contributed by atoms with Crippen molar-refractivity contribution in [3.8, 4) is 5.75 Å². The number of nitrogens with one attached hydrogen (secondary N) is 1. The maximum absolute atomic E-state index is 12.3. The van der Waals surface area contributed by atoms with Gasteiger partial charge in [-0.1, -0.05) is 31.9 Å². The number of hydrogen-bond acceptors (Lipinski definition) is 2. The molecule has 0 bridgehead atoms. The number of hydrogen-bond donors (Lipinski definition) is 2. The van der Waals surface area contributed by atoms with Crippen molar-refractivity contribution < 1.29 is 14.8 Å². The van der Waals surface area contributed by atoms with Crippen molar-refractivity contribution in [1.82, 2.24) is 5.32 Å². The molecule has 0 unspecified atom stereocenters. The zero-order valence-corrected chi connectivity index (χ0v) is 14.0. The highest BCUT2D eigenvalue weighted by Gasteiger charge is 2.25. The molecule has 1 aromatic rings. The smallest absolute Gasteiger partial charge is 0.278 e. The van der Waals surface area contributed by atoms with Crippen LogP contribution in [-0.2, 0) is 11.3 Å². The van der Waals surface area contributed by atoms with Gasteiger partial charge in [0.25, 0.3) is 5.91 Å². The quantitative estimate of drug-likeness (QED) is 0.842. The Bertz CT molecular complexity index is 490. The second-order valence-corrected chi connectivity index (χ2v) is 6.46. The van der Waals surface area contributed by atoms with Crippen LogP contribution in [0.2, 0.25) is 0 Å². The number of carbonyl (C=O) groups excluding carboxylic acids is 1. The molecule has 1 aromatic carbocycles. The molecule has 0 saturated heterocycles. The molecule has 1 saturated carbocycles. The fraction of sp³-hybridized carbons (Fsp3) is 0.611. The van der Waals surface area contributed by atoms with E-state index in [-0.39, 0.29) is 11.9 Å². The fourth-order valence-corrected chi connectivity index (χ4v) is 3.06. The average Bonchev–Trinajstić information content (AvgIpc) is 2.54. The van der Waals surface area contributed by atoms with E-state index < -0.39 is 0 Å². The molecule has 122 valence electrons. The summed E-state index contributed by atoms with van der Waals surface area (Å²) in [5.74, 6) is 1.61. The first kappa shape index (κ1) is 16.8. The van der Waals surface area contributed by atoms with Crippen LogP contribution in [0.25, 0.3) is 0 Å². The van der Waals surface area contributed by atoms with E-state index in [1.807, 2.05) is 25.1 Å². The van der Waals surface area contributed by atoms with E-state index in [9.17, 15) is 4.79 Å². The maximum atomic E-state index is 12.3. The molecular weight excluding hydrogens is 276 g/mol. The lowest BCUT2D eigenvalue weighted by atomic mass is 9.86. The summed E-state index contributed by atoms with van der Waals surface area (Å²) < 4.78 is 5.23. The second-order valence-electron chi connectivity index (χ2n) is 6.46. The van der Waals surface area contributed by atoms with E-state index in [0.29, 0.717) is 12.0 Å². The predicted octanol–water partition coefficient (Wildman–Crippen LogP) is 1.84. The van der Waals surface area contributed by atoms with Crippen molar-refractivity contribution in [2.45, 2.75) is 58.2 Å². The van der Waals surface area contributed by atoms with Crippen LogP contribution in [0.3, 0.4) is 0 Å². The highest BCUT2D eigenvalue weighted by Crippen LogP contribution is 2.23. The molecule has 1 aliphatic carbocycles. The molecule has 1 amide bonds. The zero-order chi connectivity index (χ0) is 15.9. The van der Waals surface area contributed by atoms with Crippen LogP contribution < -0.4 is 15.4 Å². The molecule has 0 radical (unpaired) electrons. The Morgan fingerprint density at radius 3 is 2.91 bits per heavy atom. The predicted molar refractivity (Wildman–Crippen MR) is 87.6 cm³/mol. The molecular formula is C18H29N2O2+. The normalized spacial score (nSPS) is 22.9. The first-order valence-electron chi connectivity index (χ1n) is 8.36. The molecule has 4 heteroatoms. The molecule has 2 rings (SSSR count). The van der Waals surface area contributed by atoms with Crippen LogP contribution in [0.1, 0.15) is 45.1 Å². The summed E-state index contributed by atoms with van der Waals surface area (Å²) in [6.45, 7) is 5.00. The van der Waals surface area contributed by atoms with Crippen molar-refractivity contribution in [2.24, 2.45) is 5.92 Å². The minimum absolute atomic E-state index is 0.0691. The Morgan fingerprint density at radius 1 is 1.41 bits per heavy atom. The van der Waals surface area contributed by atoms with Gasteiger partial charge in [-0.25, -0.2) is 0 Å². The molecule has 3 atom stereocenters. The largest absolute Gasteiger partial charge is 0.497 e. The van der Waals surface area contributed by atoms with E-state index in [0.717, 1.165) is 18.7 Å². The molecule has 0 spiro atoms. The molecule has 3 N–H and O–H groups in total. The van der Waals surface area contributed by atoms with Crippen molar-refractivity contribution in [2.75, 3.05) is 7.11 Å². The van der Waals surface area contributed by atoms with Crippen molar-refractivity contribution in [3.63, 3.8) is 0 Å². The second kappa shape index (κ2) is 8.18. The van der Waals surface area contributed by atoms with E-state index >= 15 is 0 Å². The van der Waals surface area contributed by atoms with Crippen LogP contribution in [-0.4, -0.2) is 25.1 Å². The van der Waals surface area contributed by atoms with Gasteiger partial charge in [-0.2, -0.15) is 0 Å². The SMILES string of the molecule is COc1cccc(C[NH2+][C@H](C)C(=O)N[C@H]2CCCC[C@@H]2C)c1. The van der Waals surface area contributed by atoms with Gasteiger partial charge in [-0.05, 0) is 37.8 Å². The van der Waals surface area contributed by atoms with Crippen LogP contribution in [0.4, 0.5) is 0 Å². The van der Waals surface area contributed by atoms with E-state index in [4.69, 9.17) is 4.74 Å². The van der Waals surface area contributed by atoms with Gasteiger partial charge in [0.05, 0.1) is 7.11 Å². The first-order chi connectivity index (χ1) is 10.6. The Kier molecular flexibility index (Phi) is 6.25. The molecule has 0 aliphatic heterocycles. The van der Waals surface area contributed by atoms with Crippen molar-refractivity contribution in [1.29, 1.82) is 0 Å². The lowest BCUT2D eigenvalue weighted by molar-refractivity contribution is -0.689. The summed E-state index contributed by atoms with van der Waals surface area (Å²) in [6.07, 6.45) is 4.88. The van der Waals surface area contributed by atoms with Crippen LogP contribution in [0.15, 0.2) is 24.3 Å². The number of rotatable bonds is 6. The highest BCUT2D eigenvalue weighted by atomic mass is 16.5. The number of amides is 1. The van der Waals surface area contributed by atoms with E-state index in [2.05, 4.69) is 23.6 Å². The van der Waals surface area contributed by atoms with Gasteiger partial charge in [0, 0.05) is 11.6 Å². The minimum Gasteiger partial charge on any atom is -0.497 e. The number of benzene rings is 1. The molecule has 1 fully saturated rings. The van der Waals surface area contributed by atoms with Crippen LogP contribution in [0, 0.1) is 5.92 Å². The number of carbonyl (C=O) groups is 1. The van der Waals surface area contributed by atoms with Gasteiger partial charge in [-0.3, -0.25) is 4.79 Å². The van der Waals surface area contributed by atoms with Gasteiger partial charge in [0.15, 0.2) is 6.04 Å². The summed E-state index contributed by atoms with van der Waals surface area (Å²) in [5, 5.41) is 5.31. The summed E-state index contributed by atoms with van der Waals surface area (Å²) >= 11 is 0. The molecule has 0 heterocycles. The van der Waals surface area contributed by atoms with E-state index in [1.165, 1.54) is 24.8 Å². The van der Waals surface area contributed by atoms with Crippen LogP contribution in [0.5, 0.6) is 5.75 Å². The van der Waals surface area contributed by atoms with Crippen LogP contribution >= 0.6 is 0 Å². The summed E-state index contributed by atoms with van der Waals surface area (Å²) in [6, 6.07) is 8.28. The summed E-state index contributed by atoms with van der Waals surface area (Å²) in [7, 11) is 1.67. The third kappa shape index (κ3) is 4.73. The van der Waals surface area contributed by atoms with Gasteiger partial charge in [0.1, 0.15) is 12.3 Å². The first-order valence-corrected chi connectivity index (χ1v) is 8.36. The standard InChI is InChI=1S/C18H28N2O2/c1-13-7-4-5-10-17(13)20-18(21)14(2)19-12-15-8-6-9-16(11-15)22-3/h6,8-9,11,13-14,17,19H,4-5,7,10,12H2,1-3H3,(H,20,21)/p+1/t13-,14+,17-/m0/s1. The average molecular weight is 305 g/mol. The Balaban J connectivity index is 1.80. The molecule has 4 nitrogen and oxygen atoms in total. The Morgan fingerprint density at radius 2 is 2.18 bits per heavy atom. The van der Waals surface area contributed by atoms with Gasteiger partial charge >= 0.3 is 0 Å². The van der Waals surface area contributed by atoms with Gasteiger partial charge in [-0.15, -0.1) is 0 Å². The summed E-state index contributed by atoms with van der Waals surface area (Å²) in [4.78, 5) is 12.3. The Hall–Kier alpha value is -1.55. The molecule has 1 aliphatic rings. The van der Waals surface area contributed by atoms with Gasteiger partial charge in [0.2, 0.25) is 0 Å². The molecule has 22 heavy (non-hydrogen) atoms. The maximum Gasteiger partial charge on any atom is 0.278 e. The topological polar surface area (TPSA) is 54.9 Å². The highest BCUT2D eigenvalue weighted by molar-refractivity contribution is 5.80. The van der Waals surface area contributed by atoms with Crippen molar-refractivity contribution in [3.05, 3.63) is 29.8 Å². The third-order valence-corrected chi connectivity index (χ3v) is 4.69. The minimum atomic E-state index is -0.0691. The number of methoxy groups -OCH3 is 1. The number of quaternary nitrogens is 1. The number of nitrogens with two attached hydrogens (primary N) is 1. The van der Waals surface area contributed by atoms with Gasteiger partial charge < -0.3 is 15.4 Å². The Labute approximate surface area is 133 Å². The zero-order valence-electron chi connectivity index (χ0n) is 14.0. The number of ether oxygens (including phenoxy) is 1. The monoisotopic (exact) mass is 305 g/mol. The summed E-state index contributed by atoms with van der Waals surface area (Å²) in [5.41, 5.74) is 1.17. The molecule has 0 aromatic heterocycles. The van der Waals surface area contributed by atoms with E-state index in [1.54, 1.807) is 7.11 Å². The lowest BCUT2D eigenvalue weighted by Gasteiger charge is -2.30. The lowest BCUT2D eigenvalue weighted by Crippen LogP contribution is -2.90. The fourth-order valence-electron chi connectivity index (χ4n) is 3.06. The third-order valence-electron chi connectivity index (χ3n) is 4.69. The van der Waals surface area contributed by atoms with Crippen molar-refractivity contribution >= 4 is 5.91 Å².